The van der Waals surface area contributed by atoms with E-state index in [9.17, 15) is 18.0 Å². The second-order valence-corrected chi connectivity index (χ2v) is 8.99. The van der Waals surface area contributed by atoms with Gasteiger partial charge < -0.3 is 5.32 Å². The van der Waals surface area contributed by atoms with Gasteiger partial charge in [0, 0.05) is 17.8 Å². The molecule has 4 nitrogen and oxygen atoms in total. The van der Waals surface area contributed by atoms with Crippen LogP contribution < -0.4 is 5.32 Å². The minimum absolute atomic E-state index is 0.0306. The van der Waals surface area contributed by atoms with E-state index in [0.29, 0.717) is 30.6 Å². The molecular formula is C23H26F3N3O. The molecule has 1 aromatic carbocycles. The van der Waals surface area contributed by atoms with Gasteiger partial charge in [0.15, 0.2) is 0 Å². The monoisotopic (exact) mass is 417 g/mol. The highest BCUT2D eigenvalue weighted by molar-refractivity contribution is 6.04. The number of carbonyl (C=O) groups is 1. The molecule has 1 N–H and O–H groups in total. The number of aromatic nitrogens is 1. The molecule has 0 radical (unpaired) electrons. The second kappa shape index (κ2) is 7.85. The summed E-state index contributed by atoms with van der Waals surface area (Å²) in [5.41, 5.74) is 4.21. The molecule has 0 saturated heterocycles. The van der Waals surface area contributed by atoms with E-state index in [4.69, 9.17) is 0 Å². The van der Waals surface area contributed by atoms with Gasteiger partial charge in [0.1, 0.15) is 5.69 Å². The molecule has 2 aromatic rings. The first-order chi connectivity index (χ1) is 13.8. The predicted octanol–water partition coefficient (Wildman–Crippen LogP) is 6.16. The third-order valence-corrected chi connectivity index (χ3v) is 4.92. The number of hydrogen-bond donors (Lipinski definition) is 1. The summed E-state index contributed by atoms with van der Waals surface area (Å²) >= 11 is 0. The third-order valence-electron chi connectivity index (χ3n) is 4.92. The van der Waals surface area contributed by atoms with Gasteiger partial charge in [-0.2, -0.15) is 13.2 Å². The minimum Gasteiger partial charge on any atom is -0.326 e. The average Bonchev–Trinajstić information content (AvgIpc) is 2.61. The molecule has 1 aliphatic rings. The lowest BCUT2D eigenvalue weighted by molar-refractivity contribution is -0.141. The van der Waals surface area contributed by atoms with Gasteiger partial charge in [-0.1, -0.05) is 20.8 Å². The standard InChI is InChI=1S/C23H26F3N3O/c1-13-10-15(11-14(2)21(13)29-20(30)12-22(3,4)5)16-6-7-18-17(27-16)8-9-19(28-18)23(24,25)26/h8-11H,6-7,12H2,1-5H3,(H,29,30). The molecule has 1 amide bonds. The molecule has 0 atom stereocenters. The summed E-state index contributed by atoms with van der Waals surface area (Å²) in [5.74, 6) is -0.0306. The first-order valence-electron chi connectivity index (χ1n) is 9.90. The van der Waals surface area contributed by atoms with Crippen molar-refractivity contribution in [3.8, 4) is 0 Å². The molecule has 3 rings (SSSR count). The number of nitrogens with one attached hydrogen (secondary N) is 1. The number of benzene rings is 1. The fourth-order valence-electron chi connectivity index (χ4n) is 3.58. The van der Waals surface area contributed by atoms with Gasteiger partial charge in [-0.25, -0.2) is 4.98 Å². The highest BCUT2D eigenvalue weighted by Gasteiger charge is 2.33. The average molecular weight is 417 g/mol. The molecule has 0 unspecified atom stereocenters. The van der Waals surface area contributed by atoms with Crippen LogP contribution in [0.3, 0.4) is 0 Å². The van der Waals surface area contributed by atoms with Crippen molar-refractivity contribution < 1.29 is 18.0 Å². The molecule has 0 bridgehead atoms. The van der Waals surface area contributed by atoms with E-state index >= 15 is 0 Å². The van der Waals surface area contributed by atoms with Crippen LogP contribution in [-0.2, 0) is 17.4 Å². The van der Waals surface area contributed by atoms with Crippen LogP contribution in [0.2, 0.25) is 0 Å². The molecule has 30 heavy (non-hydrogen) atoms. The van der Waals surface area contributed by atoms with E-state index < -0.39 is 11.9 Å². The quantitative estimate of drug-likeness (QED) is 0.650. The lowest BCUT2D eigenvalue weighted by Gasteiger charge is -2.20. The minimum atomic E-state index is -4.46. The fourth-order valence-corrected chi connectivity index (χ4v) is 3.58. The van der Waals surface area contributed by atoms with E-state index in [-0.39, 0.29) is 11.3 Å². The number of fused-ring (bicyclic) bond motifs is 1. The van der Waals surface area contributed by atoms with E-state index in [1.54, 1.807) is 0 Å². The molecule has 0 saturated carbocycles. The zero-order chi connectivity index (χ0) is 22.3. The Hall–Kier alpha value is -2.70. The van der Waals surface area contributed by atoms with Crippen LogP contribution in [0.4, 0.5) is 24.5 Å². The Morgan fingerprint density at radius 1 is 1.07 bits per heavy atom. The third kappa shape index (κ3) is 5.07. The lowest BCUT2D eigenvalue weighted by atomic mass is 9.91. The van der Waals surface area contributed by atoms with Crippen LogP contribution in [0, 0.1) is 19.3 Å². The zero-order valence-corrected chi connectivity index (χ0v) is 17.9. The molecule has 1 aromatic heterocycles. The number of anilines is 1. The Bertz CT molecular complexity index is 994. The maximum atomic E-state index is 12.9. The van der Waals surface area contributed by atoms with Crippen molar-refractivity contribution in [2.45, 2.75) is 60.1 Å². The van der Waals surface area contributed by atoms with Crippen LogP contribution in [0.25, 0.3) is 0 Å². The smallest absolute Gasteiger partial charge is 0.326 e. The Labute approximate surface area is 174 Å². The van der Waals surface area contributed by atoms with Crippen LogP contribution in [0.15, 0.2) is 29.3 Å². The van der Waals surface area contributed by atoms with Crippen LogP contribution >= 0.6 is 0 Å². The van der Waals surface area contributed by atoms with Crippen LogP contribution in [0.1, 0.15) is 61.7 Å². The van der Waals surface area contributed by atoms with Crippen LogP contribution in [0.5, 0.6) is 0 Å². The number of alkyl halides is 3. The van der Waals surface area contributed by atoms with Gasteiger partial charge in [0.25, 0.3) is 0 Å². The number of amides is 1. The summed E-state index contributed by atoms with van der Waals surface area (Å²) in [7, 11) is 0. The molecule has 160 valence electrons. The normalized spacial score (nSPS) is 14.2. The van der Waals surface area contributed by atoms with Crippen molar-refractivity contribution in [1.29, 1.82) is 0 Å². The highest BCUT2D eigenvalue weighted by atomic mass is 19.4. The Kier molecular flexibility index (Phi) is 5.76. The summed E-state index contributed by atoms with van der Waals surface area (Å²) in [4.78, 5) is 20.6. The maximum Gasteiger partial charge on any atom is 0.433 e. The van der Waals surface area contributed by atoms with E-state index in [0.717, 1.165) is 34.2 Å². The van der Waals surface area contributed by atoms with Crippen LogP contribution in [-0.4, -0.2) is 16.6 Å². The van der Waals surface area contributed by atoms with Gasteiger partial charge in [-0.15, -0.1) is 0 Å². The Morgan fingerprint density at radius 3 is 2.27 bits per heavy atom. The molecular weight excluding hydrogens is 391 g/mol. The lowest BCUT2D eigenvalue weighted by Crippen LogP contribution is -2.21. The maximum absolute atomic E-state index is 12.9. The zero-order valence-electron chi connectivity index (χ0n) is 17.9. The topological polar surface area (TPSA) is 54.4 Å². The number of aliphatic imine (C=N–C) groups is 1. The van der Waals surface area contributed by atoms with Crippen molar-refractivity contribution in [2.75, 3.05) is 5.32 Å². The summed E-state index contributed by atoms with van der Waals surface area (Å²) in [6.45, 7) is 9.90. The van der Waals surface area contributed by atoms with Crippen molar-refractivity contribution in [1.82, 2.24) is 4.98 Å². The Morgan fingerprint density at radius 2 is 1.70 bits per heavy atom. The van der Waals surface area contributed by atoms with Gasteiger partial charge in [-0.3, -0.25) is 9.79 Å². The summed E-state index contributed by atoms with van der Waals surface area (Å²) in [5, 5.41) is 3.01. The number of carbonyl (C=O) groups excluding carboxylic acids is 1. The SMILES string of the molecule is Cc1cc(C2=Nc3ccc(C(F)(F)F)nc3CC2)cc(C)c1NC(=O)CC(C)(C)C. The summed E-state index contributed by atoms with van der Waals surface area (Å²) in [6.07, 6.45) is -3.12. The van der Waals surface area contributed by atoms with Crippen molar-refractivity contribution in [3.05, 3.63) is 52.3 Å². The molecule has 0 aliphatic carbocycles. The molecule has 7 heteroatoms. The first kappa shape index (κ1) is 22.0. The van der Waals surface area contributed by atoms with Crippen molar-refractivity contribution in [3.63, 3.8) is 0 Å². The van der Waals surface area contributed by atoms with Gasteiger partial charge in [0.2, 0.25) is 5.91 Å². The van der Waals surface area contributed by atoms with Crippen molar-refractivity contribution >= 4 is 23.0 Å². The fraction of sp³-hybridized carbons (Fsp3) is 0.435. The molecule has 0 spiro atoms. The summed E-state index contributed by atoms with van der Waals surface area (Å²) in [6, 6.07) is 6.27. The van der Waals surface area contributed by atoms with E-state index in [2.05, 4.69) is 15.3 Å². The first-order valence-corrected chi connectivity index (χ1v) is 9.90. The molecule has 1 aliphatic heterocycles. The number of nitrogens with zero attached hydrogens (tertiary/aromatic N) is 2. The number of rotatable bonds is 3. The number of halogens is 3. The summed E-state index contributed by atoms with van der Waals surface area (Å²) < 4.78 is 38.6. The molecule has 0 fully saturated rings. The molecule has 2 heterocycles. The van der Waals surface area contributed by atoms with Gasteiger partial charge in [0.05, 0.1) is 11.4 Å². The Balaban J connectivity index is 1.87. The number of pyridine rings is 1. The largest absolute Gasteiger partial charge is 0.433 e. The predicted molar refractivity (Wildman–Crippen MR) is 112 cm³/mol. The van der Waals surface area contributed by atoms with Crippen molar-refractivity contribution in [2.24, 2.45) is 10.4 Å². The van der Waals surface area contributed by atoms with Gasteiger partial charge >= 0.3 is 6.18 Å². The highest BCUT2D eigenvalue weighted by Crippen LogP contribution is 2.33. The number of aryl methyl sites for hydroxylation is 3. The second-order valence-electron chi connectivity index (χ2n) is 8.99. The van der Waals surface area contributed by atoms with Gasteiger partial charge in [-0.05, 0) is 73.1 Å². The van der Waals surface area contributed by atoms with E-state index in [1.807, 2.05) is 46.8 Å². The van der Waals surface area contributed by atoms with E-state index in [1.165, 1.54) is 6.07 Å². The number of hydrogen-bond acceptors (Lipinski definition) is 3.